The predicted molar refractivity (Wildman–Crippen MR) is 154 cm³/mol. The molecule has 0 radical (unpaired) electrons. The molecule has 13 heteroatoms. The molecule has 0 amide bonds. The van der Waals surface area contributed by atoms with Crippen LogP contribution in [0.4, 0.5) is 11.4 Å². The van der Waals surface area contributed by atoms with Gasteiger partial charge in [-0.3, -0.25) is 9.67 Å². The van der Waals surface area contributed by atoms with Gasteiger partial charge in [0.15, 0.2) is 0 Å². The number of piperidine rings is 1. The third kappa shape index (κ3) is 6.33. The Kier molecular flexibility index (Phi) is 8.17. The molecule has 1 saturated heterocycles. The van der Waals surface area contributed by atoms with Gasteiger partial charge in [-0.15, -0.1) is 0 Å². The molecule has 3 N–H and O–H groups in total. The fourth-order valence-corrected chi connectivity index (χ4v) is 5.63. The van der Waals surface area contributed by atoms with Gasteiger partial charge in [0.2, 0.25) is 0 Å². The van der Waals surface area contributed by atoms with Gasteiger partial charge in [-0.1, -0.05) is 0 Å². The minimum atomic E-state index is -3.65. The summed E-state index contributed by atoms with van der Waals surface area (Å²) in [5.74, 6) is 1.37. The summed E-state index contributed by atoms with van der Waals surface area (Å²) in [7, 11) is 1.48. The van der Waals surface area contributed by atoms with Gasteiger partial charge in [0, 0.05) is 80.6 Å². The summed E-state index contributed by atoms with van der Waals surface area (Å²) in [6, 6.07) is 12.0. The van der Waals surface area contributed by atoms with Crippen molar-refractivity contribution in [2.24, 2.45) is 12.2 Å². The second-order valence-corrected chi connectivity index (χ2v) is 11.3. The highest BCUT2D eigenvalue weighted by molar-refractivity contribution is 7.86. The Hall–Kier alpha value is -3.78. The van der Waals surface area contributed by atoms with Crippen molar-refractivity contribution in [1.82, 2.24) is 29.4 Å². The Morgan fingerprint density at radius 2 is 1.75 bits per heavy atom. The summed E-state index contributed by atoms with van der Waals surface area (Å²) in [5.41, 5.74) is 5.04. The highest BCUT2D eigenvalue weighted by atomic mass is 32.2. The van der Waals surface area contributed by atoms with Gasteiger partial charge in [-0.05, 0) is 31.0 Å². The van der Waals surface area contributed by atoms with E-state index in [9.17, 15) is 8.42 Å². The monoisotopic (exact) mass is 566 g/mol. The van der Waals surface area contributed by atoms with E-state index < -0.39 is 10.2 Å². The molecule has 3 heterocycles. The van der Waals surface area contributed by atoms with E-state index in [0.29, 0.717) is 50.5 Å². The van der Waals surface area contributed by atoms with Crippen LogP contribution in [-0.2, 0) is 17.3 Å². The van der Waals surface area contributed by atoms with Crippen LogP contribution in [0.15, 0.2) is 55.0 Å². The molecule has 1 aliphatic heterocycles. The number of anilines is 2. The van der Waals surface area contributed by atoms with Crippen molar-refractivity contribution in [3.63, 3.8) is 0 Å². The average molecular weight is 567 g/mol. The Labute approximate surface area is 233 Å². The van der Waals surface area contributed by atoms with Crippen LogP contribution >= 0.6 is 0 Å². The van der Waals surface area contributed by atoms with Crippen LogP contribution in [0.5, 0.6) is 11.5 Å². The minimum Gasteiger partial charge on any atom is -0.497 e. The maximum Gasteiger partial charge on any atom is 0.276 e. The summed E-state index contributed by atoms with van der Waals surface area (Å²) in [4.78, 5) is 11.7. The van der Waals surface area contributed by atoms with Crippen LogP contribution in [0.3, 0.4) is 0 Å². The molecule has 2 aromatic heterocycles. The largest absolute Gasteiger partial charge is 0.497 e. The summed E-state index contributed by atoms with van der Waals surface area (Å²) in [6.45, 7) is 2.12. The average Bonchev–Trinajstić information content (AvgIpc) is 3.40. The zero-order chi connectivity index (χ0) is 28.3. The number of aryl methyl sites for hydroxylation is 1. The molecule has 4 aromatic rings. The van der Waals surface area contributed by atoms with E-state index >= 15 is 0 Å². The standard InChI is InChI=1S/C27H34N8O4S/c1-33-18-19(16-31-33)27-17-30-25-5-4-21(14-26(25)32-27)35(22-12-23(38-2)15-24(13-22)39-3)11-8-29-20-6-9-34(10-7-20)40(28,36)37/h4-5,12-18,20,29H,6-11H2,1-3H3,(H2,28,36,37). The normalized spacial score (nSPS) is 14.9. The molecular weight excluding hydrogens is 532 g/mol. The van der Waals surface area contributed by atoms with Gasteiger partial charge in [0.1, 0.15) is 11.5 Å². The molecule has 212 valence electrons. The Bertz CT molecular complexity index is 1560. The number of nitrogens with one attached hydrogen (secondary N) is 1. The van der Waals surface area contributed by atoms with Crippen LogP contribution in [0.25, 0.3) is 22.3 Å². The predicted octanol–water partition coefficient (Wildman–Crippen LogP) is 2.44. The first kappa shape index (κ1) is 27.8. The lowest BCUT2D eigenvalue weighted by Crippen LogP contribution is -2.48. The molecule has 2 aromatic carbocycles. The number of methoxy groups -OCH3 is 2. The third-order valence-corrected chi connectivity index (χ3v) is 8.15. The SMILES string of the molecule is COc1cc(OC)cc(N(CCNC2CCN(S(N)(=O)=O)CC2)c2ccc3ncc(-c4cnn(C)c4)nc3c2)c1. The summed E-state index contributed by atoms with van der Waals surface area (Å²) in [5, 5.41) is 13.1. The molecule has 0 aliphatic carbocycles. The molecule has 0 unspecified atom stereocenters. The van der Waals surface area contributed by atoms with E-state index in [4.69, 9.17) is 19.6 Å². The van der Waals surface area contributed by atoms with E-state index in [1.807, 2.05) is 49.6 Å². The number of ether oxygens (including phenoxy) is 2. The Balaban J connectivity index is 1.41. The summed E-state index contributed by atoms with van der Waals surface area (Å²) < 4.78 is 37.5. The lowest BCUT2D eigenvalue weighted by Gasteiger charge is -2.32. The topological polar surface area (TPSA) is 141 Å². The lowest BCUT2D eigenvalue weighted by atomic mass is 10.1. The Morgan fingerprint density at radius 3 is 2.38 bits per heavy atom. The van der Waals surface area contributed by atoms with Crippen molar-refractivity contribution in [3.05, 3.63) is 55.0 Å². The van der Waals surface area contributed by atoms with Gasteiger partial charge < -0.3 is 19.7 Å². The first-order chi connectivity index (χ1) is 19.2. The van der Waals surface area contributed by atoms with Crippen LogP contribution < -0.4 is 24.8 Å². The third-order valence-electron chi connectivity index (χ3n) is 7.07. The number of hydrogen-bond acceptors (Lipinski definition) is 9. The quantitative estimate of drug-likeness (QED) is 0.296. The number of fused-ring (bicyclic) bond motifs is 1. The zero-order valence-corrected chi connectivity index (χ0v) is 23.6. The van der Waals surface area contributed by atoms with Gasteiger partial charge in [0.05, 0.1) is 43.3 Å². The maximum absolute atomic E-state index is 11.7. The molecule has 1 fully saturated rings. The van der Waals surface area contributed by atoms with Crippen molar-refractivity contribution < 1.29 is 17.9 Å². The first-order valence-corrected chi connectivity index (χ1v) is 14.5. The molecule has 0 saturated carbocycles. The molecule has 0 bridgehead atoms. The van der Waals surface area contributed by atoms with Gasteiger partial charge in [-0.25, -0.2) is 10.1 Å². The number of aromatic nitrogens is 4. The van der Waals surface area contributed by atoms with E-state index in [1.54, 1.807) is 31.3 Å². The van der Waals surface area contributed by atoms with Crippen LogP contribution in [-0.4, -0.2) is 78.9 Å². The van der Waals surface area contributed by atoms with E-state index in [1.165, 1.54) is 4.31 Å². The second-order valence-electron chi connectivity index (χ2n) is 9.73. The number of hydrogen-bond donors (Lipinski definition) is 2. The van der Waals surface area contributed by atoms with Crippen LogP contribution in [0, 0.1) is 0 Å². The summed E-state index contributed by atoms with van der Waals surface area (Å²) >= 11 is 0. The van der Waals surface area contributed by atoms with Gasteiger partial charge in [-0.2, -0.15) is 17.8 Å². The van der Waals surface area contributed by atoms with Crippen LogP contribution in [0.2, 0.25) is 0 Å². The zero-order valence-electron chi connectivity index (χ0n) is 22.8. The van der Waals surface area contributed by atoms with Crippen molar-refractivity contribution in [2.45, 2.75) is 18.9 Å². The molecule has 5 rings (SSSR count). The second kappa shape index (κ2) is 11.8. The van der Waals surface area contributed by atoms with Crippen molar-refractivity contribution in [1.29, 1.82) is 0 Å². The smallest absolute Gasteiger partial charge is 0.276 e. The highest BCUT2D eigenvalue weighted by Gasteiger charge is 2.25. The maximum atomic E-state index is 11.7. The fourth-order valence-electron chi connectivity index (χ4n) is 4.91. The highest BCUT2D eigenvalue weighted by Crippen LogP contribution is 2.34. The minimum absolute atomic E-state index is 0.198. The number of benzene rings is 2. The number of nitrogens with two attached hydrogens (primary N) is 1. The molecule has 1 aliphatic rings. The number of rotatable bonds is 10. The van der Waals surface area contributed by atoms with Crippen molar-refractivity contribution in [3.8, 4) is 22.8 Å². The Morgan fingerprint density at radius 1 is 1.02 bits per heavy atom. The summed E-state index contributed by atoms with van der Waals surface area (Å²) in [6.07, 6.45) is 6.84. The molecule has 40 heavy (non-hydrogen) atoms. The van der Waals surface area contributed by atoms with Gasteiger partial charge >= 0.3 is 0 Å². The van der Waals surface area contributed by atoms with E-state index in [-0.39, 0.29) is 6.04 Å². The molecule has 0 spiro atoms. The molecular formula is C27H34N8O4S. The van der Waals surface area contributed by atoms with Crippen molar-refractivity contribution in [2.75, 3.05) is 45.3 Å². The fraction of sp³-hybridized carbons (Fsp3) is 0.370. The van der Waals surface area contributed by atoms with E-state index in [2.05, 4.69) is 20.3 Å². The lowest BCUT2D eigenvalue weighted by molar-refractivity contribution is 0.291. The van der Waals surface area contributed by atoms with E-state index in [0.717, 1.165) is 33.7 Å². The first-order valence-electron chi connectivity index (χ1n) is 13.0. The molecule has 0 atom stereocenters. The number of nitrogens with zero attached hydrogens (tertiary/aromatic N) is 6. The van der Waals surface area contributed by atoms with Crippen LogP contribution in [0.1, 0.15) is 12.8 Å². The van der Waals surface area contributed by atoms with Gasteiger partial charge in [0.25, 0.3) is 10.2 Å². The van der Waals surface area contributed by atoms with Crippen molar-refractivity contribution >= 4 is 32.6 Å². The molecule has 12 nitrogen and oxygen atoms in total.